The highest BCUT2D eigenvalue weighted by Crippen LogP contribution is 2.34. The van der Waals surface area contributed by atoms with E-state index < -0.39 is 12.0 Å². The van der Waals surface area contributed by atoms with Gasteiger partial charge in [-0.25, -0.2) is 9.78 Å². The van der Waals surface area contributed by atoms with Crippen molar-refractivity contribution in [2.75, 3.05) is 20.2 Å². The van der Waals surface area contributed by atoms with Crippen molar-refractivity contribution in [1.29, 1.82) is 0 Å². The van der Waals surface area contributed by atoms with Crippen LogP contribution in [0.15, 0.2) is 24.7 Å². The third-order valence-electron chi connectivity index (χ3n) is 4.71. The Kier molecular flexibility index (Phi) is 5.84. The minimum atomic E-state index is -1.11. The molecule has 1 saturated heterocycles. The summed E-state index contributed by atoms with van der Waals surface area (Å²) < 4.78 is 11.2. The van der Waals surface area contributed by atoms with Gasteiger partial charge < -0.3 is 30.2 Å². The largest absolute Gasteiger partial charge is 0.495 e. The van der Waals surface area contributed by atoms with Crippen molar-refractivity contribution >= 4 is 11.9 Å². The molecule has 0 saturated carbocycles. The van der Waals surface area contributed by atoms with E-state index in [9.17, 15) is 14.7 Å². The topological polar surface area (TPSA) is 131 Å². The van der Waals surface area contributed by atoms with Crippen LogP contribution in [-0.4, -0.2) is 58.2 Å². The van der Waals surface area contributed by atoms with Crippen molar-refractivity contribution < 1.29 is 24.2 Å². The minimum Gasteiger partial charge on any atom is -0.495 e. The van der Waals surface area contributed by atoms with Crippen LogP contribution in [0, 0.1) is 0 Å². The number of carboxylic acid groups (broad SMARTS) is 1. The van der Waals surface area contributed by atoms with E-state index in [4.69, 9.17) is 15.2 Å². The van der Waals surface area contributed by atoms with E-state index in [1.807, 2.05) is 13.0 Å². The van der Waals surface area contributed by atoms with E-state index in [2.05, 4.69) is 9.97 Å². The van der Waals surface area contributed by atoms with Crippen LogP contribution in [-0.2, 0) is 11.2 Å². The molecular weight excluding hydrogens is 364 g/mol. The highest BCUT2D eigenvalue weighted by molar-refractivity contribution is 5.94. The average Bonchev–Trinajstić information content (AvgIpc) is 3.18. The van der Waals surface area contributed by atoms with E-state index in [-0.39, 0.29) is 23.3 Å². The summed E-state index contributed by atoms with van der Waals surface area (Å²) >= 11 is 0. The number of carbonyl (C=O) groups excluding carboxylic acids is 1. The maximum absolute atomic E-state index is 12.4. The Hall–Kier alpha value is -3.07. The van der Waals surface area contributed by atoms with Crippen LogP contribution in [0.4, 0.5) is 0 Å². The number of aromatic carboxylic acids is 1. The third-order valence-corrected chi connectivity index (χ3v) is 4.71. The lowest BCUT2D eigenvalue weighted by molar-refractivity contribution is -0.141. The number of hydrogen-bond acceptors (Lipinski definition) is 6. The maximum atomic E-state index is 12.4. The Bertz CT molecular complexity index is 846. The van der Waals surface area contributed by atoms with Gasteiger partial charge in [0.25, 0.3) is 0 Å². The van der Waals surface area contributed by atoms with Crippen LogP contribution in [0.5, 0.6) is 11.5 Å². The molecule has 0 radical (unpaired) electrons. The van der Waals surface area contributed by atoms with Crippen LogP contribution < -0.4 is 15.2 Å². The summed E-state index contributed by atoms with van der Waals surface area (Å²) in [5, 5.41) is 9.64. The molecule has 28 heavy (non-hydrogen) atoms. The standard InChI is InChI=1S/C19H24N4O5/c1-3-4-11-5-6-14(15(19(25)26)17(11)27-2)28-12-8-23(9-12)18(24)16(20)13-7-21-10-22-13/h5-7,10,12,16H,3-4,8-9,20H2,1-2H3,(H,21,22)(H,25,26). The number of likely N-dealkylation sites (tertiary alicyclic amines) is 1. The number of hydrogen-bond donors (Lipinski definition) is 3. The molecule has 1 aliphatic heterocycles. The smallest absolute Gasteiger partial charge is 0.343 e. The second-order valence-electron chi connectivity index (χ2n) is 6.65. The molecule has 2 heterocycles. The number of H-pyrrole nitrogens is 1. The van der Waals surface area contributed by atoms with Crippen LogP contribution in [0.3, 0.4) is 0 Å². The molecule has 0 aliphatic carbocycles. The zero-order valence-corrected chi connectivity index (χ0v) is 15.8. The van der Waals surface area contributed by atoms with Crippen LogP contribution in [0.1, 0.15) is 41.0 Å². The van der Waals surface area contributed by atoms with Crippen molar-refractivity contribution in [2.45, 2.75) is 31.9 Å². The number of carboxylic acids is 1. The van der Waals surface area contributed by atoms with Crippen molar-refractivity contribution in [1.82, 2.24) is 14.9 Å². The van der Waals surface area contributed by atoms with Gasteiger partial charge in [-0.3, -0.25) is 4.79 Å². The minimum absolute atomic E-state index is 0.00684. The molecule has 4 N–H and O–H groups in total. The number of nitrogens with zero attached hydrogens (tertiary/aromatic N) is 2. The first-order valence-corrected chi connectivity index (χ1v) is 9.08. The molecule has 1 amide bonds. The fourth-order valence-corrected chi connectivity index (χ4v) is 3.25. The molecule has 0 bridgehead atoms. The Labute approximate surface area is 162 Å². The number of carbonyl (C=O) groups is 2. The van der Waals surface area contributed by atoms with Crippen LogP contribution in [0.25, 0.3) is 0 Å². The predicted molar refractivity (Wildman–Crippen MR) is 100 cm³/mol. The van der Waals surface area contributed by atoms with Crippen molar-refractivity contribution in [3.63, 3.8) is 0 Å². The number of nitrogens with two attached hydrogens (primary N) is 1. The van der Waals surface area contributed by atoms with Gasteiger partial charge in [-0.05, 0) is 18.1 Å². The summed E-state index contributed by atoms with van der Waals surface area (Å²) in [4.78, 5) is 32.4. The second kappa shape index (κ2) is 8.30. The molecule has 1 aromatic carbocycles. The summed E-state index contributed by atoms with van der Waals surface area (Å²) in [5.74, 6) is -0.795. The first-order chi connectivity index (χ1) is 13.5. The van der Waals surface area contributed by atoms with E-state index >= 15 is 0 Å². The van der Waals surface area contributed by atoms with Crippen molar-refractivity contribution in [3.05, 3.63) is 41.5 Å². The van der Waals surface area contributed by atoms with Gasteiger partial charge in [0.2, 0.25) is 5.91 Å². The number of aromatic nitrogens is 2. The average molecular weight is 388 g/mol. The molecule has 1 aromatic heterocycles. The molecule has 3 rings (SSSR count). The maximum Gasteiger partial charge on any atom is 0.343 e. The Morgan fingerprint density at radius 1 is 1.43 bits per heavy atom. The highest BCUT2D eigenvalue weighted by Gasteiger charge is 2.36. The molecule has 150 valence electrons. The van der Waals surface area contributed by atoms with E-state index in [0.29, 0.717) is 31.0 Å². The fourth-order valence-electron chi connectivity index (χ4n) is 3.25. The fraction of sp³-hybridized carbons (Fsp3) is 0.421. The SMILES string of the molecule is CCCc1ccc(OC2CN(C(=O)C(N)c3cnc[nH]3)C2)c(C(=O)O)c1OC. The number of nitrogens with one attached hydrogen (secondary N) is 1. The van der Waals surface area contributed by atoms with Crippen LogP contribution in [0.2, 0.25) is 0 Å². The molecule has 1 unspecified atom stereocenters. The first kappa shape index (κ1) is 19.7. The number of rotatable bonds is 8. The summed E-state index contributed by atoms with van der Waals surface area (Å²) in [6.45, 7) is 2.68. The summed E-state index contributed by atoms with van der Waals surface area (Å²) in [5.41, 5.74) is 7.31. The molecule has 9 heteroatoms. The first-order valence-electron chi connectivity index (χ1n) is 9.08. The number of benzene rings is 1. The lowest BCUT2D eigenvalue weighted by Gasteiger charge is -2.40. The Morgan fingerprint density at radius 3 is 2.75 bits per heavy atom. The van der Waals surface area contributed by atoms with Crippen LogP contribution >= 0.6 is 0 Å². The lowest BCUT2D eigenvalue weighted by atomic mass is 10.0. The lowest BCUT2D eigenvalue weighted by Crippen LogP contribution is -2.58. The second-order valence-corrected chi connectivity index (χ2v) is 6.65. The number of aromatic amines is 1. The number of amides is 1. The quantitative estimate of drug-likeness (QED) is 0.622. The van der Waals surface area contributed by atoms with E-state index in [1.165, 1.54) is 19.6 Å². The normalized spacial score (nSPS) is 15.0. The molecule has 2 aromatic rings. The molecule has 0 spiro atoms. The monoisotopic (exact) mass is 388 g/mol. The van der Waals surface area contributed by atoms with Gasteiger partial charge in [0.1, 0.15) is 29.2 Å². The van der Waals surface area contributed by atoms with E-state index in [0.717, 1.165) is 12.0 Å². The zero-order valence-electron chi connectivity index (χ0n) is 15.8. The predicted octanol–water partition coefficient (Wildman–Crippen LogP) is 1.36. The Morgan fingerprint density at radius 2 is 2.18 bits per heavy atom. The molecule has 1 atom stereocenters. The highest BCUT2D eigenvalue weighted by atomic mass is 16.5. The van der Waals surface area contributed by atoms with Gasteiger partial charge in [-0.1, -0.05) is 19.4 Å². The third kappa shape index (κ3) is 3.79. The Balaban J connectivity index is 1.68. The van der Waals surface area contributed by atoms with Crippen molar-refractivity contribution in [3.8, 4) is 11.5 Å². The van der Waals surface area contributed by atoms with Gasteiger partial charge >= 0.3 is 5.97 Å². The summed E-state index contributed by atoms with van der Waals surface area (Å²) in [7, 11) is 1.45. The number of imidazole rings is 1. The van der Waals surface area contributed by atoms with Gasteiger partial charge in [0.15, 0.2) is 0 Å². The number of aryl methyl sites for hydroxylation is 1. The zero-order chi connectivity index (χ0) is 20.3. The van der Waals surface area contributed by atoms with E-state index in [1.54, 1.807) is 11.0 Å². The molecular formula is C19H24N4O5. The number of methoxy groups -OCH3 is 1. The van der Waals surface area contributed by atoms with Gasteiger partial charge in [-0.2, -0.15) is 0 Å². The number of ether oxygens (including phenoxy) is 2. The summed E-state index contributed by atoms with van der Waals surface area (Å²) in [6, 6.07) is 2.66. The molecule has 1 fully saturated rings. The molecule has 9 nitrogen and oxygen atoms in total. The van der Waals surface area contributed by atoms with Gasteiger partial charge in [0.05, 0.1) is 38.4 Å². The summed E-state index contributed by atoms with van der Waals surface area (Å²) in [6.07, 6.45) is 4.25. The van der Waals surface area contributed by atoms with Gasteiger partial charge in [0, 0.05) is 0 Å². The van der Waals surface area contributed by atoms with Gasteiger partial charge in [-0.15, -0.1) is 0 Å². The van der Waals surface area contributed by atoms with Crippen molar-refractivity contribution in [2.24, 2.45) is 5.73 Å². The molecule has 1 aliphatic rings.